The summed E-state index contributed by atoms with van der Waals surface area (Å²) in [5.41, 5.74) is 2.34. The van der Waals surface area contributed by atoms with Crippen molar-refractivity contribution in [3.8, 4) is 0 Å². The van der Waals surface area contributed by atoms with Gasteiger partial charge >= 0.3 is 5.97 Å². The molecule has 3 nitrogen and oxygen atoms in total. The van der Waals surface area contributed by atoms with Crippen LogP contribution < -0.4 is 0 Å². The molecule has 1 atom stereocenters. The lowest BCUT2D eigenvalue weighted by Crippen LogP contribution is -2.40. The van der Waals surface area contributed by atoms with Crippen molar-refractivity contribution in [2.24, 2.45) is 0 Å². The molecule has 0 aliphatic carbocycles. The number of benzene rings is 2. The summed E-state index contributed by atoms with van der Waals surface area (Å²) in [5.74, 6) is -0.357. The Kier molecular flexibility index (Phi) is 6.90. The number of carbonyl (C=O) groups is 1. The fraction of sp³-hybridized carbons (Fsp3) is 0.409. The maximum Gasteiger partial charge on any atom is 0.338 e. The molecule has 2 rings (SSSR count). The summed E-state index contributed by atoms with van der Waals surface area (Å²) < 4.78 is 11.8. The molecule has 0 aliphatic heterocycles. The lowest BCUT2D eigenvalue weighted by Gasteiger charge is -2.36. The lowest BCUT2D eigenvalue weighted by atomic mass is 10.1. The summed E-state index contributed by atoms with van der Waals surface area (Å²) in [5, 5.41) is 0.747. The Hall–Kier alpha value is -1.62. The van der Waals surface area contributed by atoms with Crippen molar-refractivity contribution in [1.29, 1.82) is 0 Å². The number of rotatable bonds is 6. The van der Waals surface area contributed by atoms with E-state index in [2.05, 4.69) is 33.9 Å². The van der Waals surface area contributed by atoms with E-state index in [0.29, 0.717) is 17.2 Å². The third-order valence-corrected chi connectivity index (χ3v) is 10.0. The Bertz CT molecular complexity index is 782. The monoisotopic (exact) mass is 404 g/mol. The first-order chi connectivity index (χ1) is 12.5. The average Bonchev–Trinajstić information content (AvgIpc) is 2.59. The maximum atomic E-state index is 12.2. The zero-order chi connectivity index (χ0) is 20.2. The van der Waals surface area contributed by atoms with Crippen LogP contribution in [0.3, 0.4) is 0 Å². The summed E-state index contributed by atoms with van der Waals surface area (Å²) in [7, 11) is -1.81. The second-order valence-corrected chi connectivity index (χ2v) is 13.5. The molecule has 2 aromatic carbocycles. The molecule has 5 heteroatoms. The summed E-state index contributed by atoms with van der Waals surface area (Å²) >= 11 is 6.46. The van der Waals surface area contributed by atoms with Gasteiger partial charge in [0, 0.05) is 10.6 Å². The van der Waals surface area contributed by atoms with E-state index >= 15 is 0 Å². The van der Waals surface area contributed by atoms with E-state index in [0.717, 1.165) is 11.1 Å². The SMILES string of the molecule is C[C@H](OC(=O)c1ccccc1)c1ccc(CO[Si](C)(C)C(C)(C)C)cc1Cl. The van der Waals surface area contributed by atoms with Gasteiger partial charge in [-0.1, -0.05) is 62.7 Å². The van der Waals surface area contributed by atoms with Crippen molar-refractivity contribution < 1.29 is 14.0 Å². The summed E-state index contributed by atoms with van der Waals surface area (Å²) in [6.07, 6.45) is -0.430. The van der Waals surface area contributed by atoms with Gasteiger partial charge in [-0.15, -0.1) is 0 Å². The molecule has 146 valence electrons. The van der Waals surface area contributed by atoms with E-state index in [1.807, 2.05) is 43.3 Å². The van der Waals surface area contributed by atoms with E-state index < -0.39 is 14.4 Å². The molecule has 0 radical (unpaired) electrons. The highest BCUT2D eigenvalue weighted by Gasteiger charge is 2.37. The van der Waals surface area contributed by atoms with Crippen molar-refractivity contribution >= 4 is 25.9 Å². The predicted octanol–water partition coefficient (Wildman–Crippen LogP) is 6.78. The molecule has 0 N–H and O–H groups in total. The minimum absolute atomic E-state index is 0.164. The molecule has 0 aliphatic rings. The largest absolute Gasteiger partial charge is 0.454 e. The fourth-order valence-corrected chi connectivity index (χ4v) is 3.65. The second-order valence-electron chi connectivity index (χ2n) is 8.32. The van der Waals surface area contributed by atoms with Crippen molar-refractivity contribution in [3.05, 3.63) is 70.2 Å². The van der Waals surface area contributed by atoms with Gasteiger partial charge in [-0.25, -0.2) is 4.79 Å². The molecule has 0 bridgehead atoms. The molecule has 0 aromatic heterocycles. The zero-order valence-electron chi connectivity index (χ0n) is 17.0. The number of halogens is 1. The highest BCUT2D eigenvalue weighted by atomic mass is 35.5. The van der Waals surface area contributed by atoms with Gasteiger partial charge in [-0.05, 0) is 48.8 Å². The molecule has 0 amide bonds. The molecule has 0 saturated carbocycles. The van der Waals surface area contributed by atoms with E-state index in [1.165, 1.54) is 0 Å². The molecule has 0 unspecified atom stereocenters. The van der Waals surface area contributed by atoms with Crippen molar-refractivity contribution in [3.63, 3.8) is 0 Å². The number of carbonyl (C=O) groups excluding carboxylic acids is 1. The van der Waals surface area contributed by atoms with Crippen LogP contribution in [0, 0.1) is 0 Å². The average molecular weight is 405 g/mol. The Morgan fingerprint density at radius 3 is 2.30 bits per heavy atom. The van der Waals surface area contributed by atoms with Crippen LogP contribution in [0.15, 0.2) is 48.5 Å². The summed E-state index contributed by atoms with van der Waals surface area (Å²) in [4.78, 5) is 12.2. The number of ether oxygens (including phenoxy) is 1. The predicted molar refractivity (Wildman–Crippen MR) is 114 cm³/mol. The van der Waals surface area contributed by atoms with Gasteiger partial charge in [0.2, 0.25) is 0 Å². The van der Waals surface area contributed by atoms with E-state index in [4.69, 9.17) is 20.8 Å². The van der Waals surface area contributed by atoms with Gasteiger partial charge < -0.3 is 9.16 Å². The van der Waals surface area contributed by atoms with Crippen LogP contribution in [-0.4, -0.2) is 14.3 Å². The van der Waals surface area contributed by atoms with Crippen molar-refractivity contribution in [2.75, 3.05) is 0 Å². The van der Waals surface area contributed by atoms with Crippen LogP contribution in [0.2, 0.25) is 23.2 Å². The minimum atomic E-state index is -1.81. The summed E-state index contributed by atoms with van der Waals surface area (Å²) in [6, 6.07) is 14.8. The molecular weight excluding hydrogens is 376 g/mol. The number of hydrogen-bond donors (Lipinski definition) is 0. The van der Waals surface area contributed by atoms with Crippen molar-refractivity contribution in [2.45, 2.75) is 58.5 Å². The van der Waals surface area contributed by atoms with Gasteiger partial charge in [0.1, 0.15) is 6.10 Å². The first-order valence-corrected chi connectivity index (χ1v) is 12.5. The lowest BCUT2D eigenvalue weighted by molar-refractivity contribution is 0.0338. The van der Waals surface area contributed by atoms with Crippen LogP contribution in [0.1, 0.15) is 55.3 Å². The molecule has 0 fully saturated rings. The molecule has 0 saturated heterocycles. The van der Waals surface area contributed by atoms with Gasteiger partial charge in [-0.2, -0.15) is 0 Å². The smallest absolute Gasteiger partial charge is 0.338 e. The second kappa shape index (κ2) is 8.59. The number of hydrogen-bond acceptors (Lipinski definition) is 3. The molecule has 0 heterocycles. The van der Waals surface area contributed by atoms with Gasteiger partial charge in [0.25, 0.3) is 0 Å². The quantitative estimate of drug-likeness (QED) is 0.393. The first kappa shape index (κ1) is 21.7. The van der Waals surface area contributed by atoms with E-state index in [9.17, 15) is 4.79 Å². The maximum absolute atomic E-state index is 12.2. The van der Waals surface area contributed by atoms with Crippen LogP contribution in [0.5, 0.6) is 0 Å². The number of esters is 1. The van der Waals surface area contributed by atoms with Gasteiger partial charge in [0.15, 0.2) is 8.32 Å². The fourth-order valence-electron chi connectivity index (χ4n) is 2.34. The highest BCUT2D eigenvalue weighted by Crippen LogP contribution is 2.37. The van der Waals surface area contributed by atoms with E-state index in [-0.39, 0.29) is 11.0 Å². The standard InChI is InChI=1S/C22H29ClO3Si/c1-16(26-21(24)18-10-8-7-9-11-18)19-13-12-17(14-20(19)23)15-25-27(5,6)22(2,3)4/h7-14,16H,15H2,1-6H3/t16-/m0/s1. The zero-order valence-corrected chi connectivity index (χ0v) is 18.8. The highest BCUT2D eigenvalue weighted by molar-refractivity contribution is 6.74. The normalized spacial score (nSPS) is 13.3. The summed E-state index contributed by atoms with van der Waals surface area (Å²) in [6.45, 7) is 13.5. The van der Waals surface area contributed by atoms with Crippen molar-refractivity contribution in [1.82, 2.24) is 0 Å². The third kappa shape index (κ3) is 5.68. The molecule has 27 heavy (non-hydrogen) atoms. The molecule has 2 aromatic rings. The van der Waals surface area contributed by atoms with Gasteiger partial charge in [0.05, 0.1) is 12.2 Å². The Morgan fingerprint density at radius 1 is 1.11 bits per heavy atom. The molecular formula is C22H29ClO3Si. The van der Waals surface area contributed by atoms with Gasteiger partial charge in [-0.3, -0.25) is 0 Å². The minimum Gasteiger partial charge on any atom is -0.454 e. The Morgan fingerprint density at radius 2 is 1.74 bits per heavy atom. The Balaban J connectivity index is 2.04. The molecule has 0 spiro atoms. The van der Waals surface area contributed by atoms with Crippen LogP contribution in [0.25, 0.3) is 0 Å². The van der Waals surface area contributed by atoms with Crippen LogP contribution >= 0.6 is 11.6 Å². The topological polar surface area (TPSA) is 35.5 Å². The van der Waals surface area contributed by atoms with Crippen LogP contribution in [0.4, 0.5) is 0 Å². The third-order valence-electron chi connectivity index (χ3n) is 5.20. The van der Waals surface area contributed by atoms with Crippen LogP contribution in [-0.2, 0) is 15.8 Å². The Labute approximate surface area is 168 Å². The van der Waals surface area contributed by atoms with E-state index in [1.54, 1.807) is 12.1 Å². The first-order valence-electron chi connectivity index (χ1n) is 9.19.